The minimum atomic E-state index is 0.112. The van der Waals surface area contributed by atoms with Gasteiger partial charge in [0.2, 0.25) is 0 Å². The SMILES string of the molecule is OCCc1cn(CCc2cccnc2)nn1. The van der Waals surface area contributed by atoms with Crippen molar-refractivity contribution in [1.82, 2.24) is 20.0 Å². The smallest absolute Gasteiger partial charge is 0.0849 e. The summed E-state index contributed by atoms with van der Waals surface area (Å²) in [7, 11) is 0. The lowest BCUT2D eigenvalue weighted by molar-refractivity contribution is 0.298. The van der Waals surface area contributed by atoms with E-state index in [-0.39, 0.29) is 6.61 Å². The zero-order valence-electron chi connectivity index (χ0n) is 8.95. The molecule has 0 unspecified atom stereocenters. The first-order valence-corrected chi connectivity index (χ1v) is 5.27. The molecule has 84 valence electrons. The van der Waals surface area contributed by atoms with Gasteiger partial charge in [-0.05, 0) is 18.1 Å². The molecular formula is C11H14N4O. The summed E-state index contributed by atoms with van der Waals surface area (Å²) in [5.74, 6) is 0. The first-order valence-electron chi connectivity index (χ1n) is 5.27. The van der Waals surface area contributed by atoms with Gasteiger partial charge in [-0.3, -0.25) is 9.67 Å². The van der Waals surface area contributed by atoms with Gasteiger partial charge in [0.05, 0.1) is 5.69 Å². The van der Waals surface area contributed by atoms with Gasteiger partial charge in [-0.2, -0.15) is 0 Å². The molecular weight excluding hydrogens is 204 g/mol. The van der Waals surface area contributed by atoms with Crippen molar-refractivity contribution < 1.29 is 5.11 Å². The fraction of sp³-hybridized carbons (Fsp3) is 0.364. The van der Waals surface area contributed by atoms with E-state index in [2.05, 4.69) is 15.3 Å². The van der Waals surface area contributed by atoms with Crippen LogP contribution in [0.25, 0.3) is 0 Å². The lowest BCUT2D eigenvalue weighted by Gasteiger charge is -1.99. The van der Waals surface area contributed by atoms with E-state index in [0.717, 1.165) is 18.7 Å². The van der Waals surface area contributed by atoms with Crippen molar-refractivity contribution in [3.8, 4) is 0 Å². The molecule has 16 heavy (non-hydrogen) atoms. The molecule has 5 nitrogen and oxygen atoms in total. The first kappa shape index (κ1) is 10.8. The Morgan fingerprint density at radius 2 is 2.25 bits per heavy atom. The Bertz CT molecular complexity index is 427. The van der Waals surface area contributed by atoms with Crippen LogP contribution in [0.4, 0.5) is 0 Å². The lowest BCUT2D eigenvalue weighted by Crippen LogP contribution is -2.02. The number of nitrogens with zero attached hydrogens (tertiary/aromatic N) is 4. The standard InChI is InChI=1S/C11H14N4O/c16-7-4-11-9-15(14-13-11)6-3-10-2-1-5-12-8-10/h1-2,5,8-9,16H,3-4,6-7H2. The Labute approximate surface area is 93.8 Å². The highest BCUT2D eigenvalue weighted by molar-refractivity contribution is 5.08. The topological polar surface area (TPSA) is 63.8 Å². The number of aliphatic hydroxyl groups excluding tert-OH is 1. The van der Waals surface area contributed by atoms with Gasteiger partial charge in [0.1, 0.15) is 0 Å². The summed E-state index contributed by atoms with van der Waals surface area (Å²) in [5, 5.41) is 16.7. The Morgan fingerprint density at radius 3 is 3.00 bits per heavy atom. The number of pyridine rings is 1. The molecule has 0 aromatic carbocycles. The summed E-state index contributed by atoms with van der Waals surface area (Å²) in [6.07, 6.45) is 6.93. The molecule has 0 aliphatic rings. The molecule has 1 N–H and O–H groups in total. The van der Waals surface area contributed by atoms with Crippen molar-refractivity contribution in [1.29, 1.82) is 0 Å². The molecule has 2 aromatic rings. The molecule has 0 aliphatic carbocycles. The van der Waals surface area contributed by atoms with Crippen LogP contribution in [0.3, 0.4) is 0 Å². The van der Waals surface area contributed by atoms with Crippen LogP contribution in [-0.2, 0) is 19.4 Å². The fourth-order valence-corrected chi connectivity index (χ4v) is 1.47. The van der Waals surface area contributed by atoms with E-state index in [0.29, 0.717) is 6.42 Å². The molecule has 2 heterocycles. The summed E-state index contributed by atoms with van der Waals surface area (Å²) in [5.41, 5.74) is 2.01. The molecule has 0 aliphatic heterocycles. The average molecular weight is 218 g/mol. The maximum Gasteiger partial charge on any atom is 0.0849 e. The Morgan fingerprint density at radius 1 is 1.31 bits per heavy atom. The maximum absolute atomic E-state index is 8.75. The largest absolute Gasteiger partial charge is 0.396 e. The van der Waals surface area contributed by atoms with E-state index in [1.54, 1.807) is 10.9 Å². The summed E-state index contributed by atoms with van der Waals surface area (Å²) in [6.45, 7) is 0.894. The molecule has 2 rings (SSSR count). The van der Waals surface area contributed by atoms with Crippen LogP contribution in [0.15, 0.2) is 30.7 Å². The second-order valence-electron chi connectivity index (χ2n) is 3.56. The number of aliphatic hydroxyl groups is 1. The van der Waals surface area contributed by atoms with E-state index in [1.807, 2.05) is 24.5 Å². The van der Waals surface area contributed by atoms with Crippen LogP contribution >= 0.6 is 0 Å². The number of hydrogen-bond donors (Lipinski definition) is 1. The van der Waals surface area contributed by atoms with Gasteiger partial charge in [-0.1, -0.05) is 11.3 Å². The number of rotatable bonds is 5. The minimum absolute atomic E-state index is 0.112. The van der Waals surface area contributed by atoms with Crippen LogP contribution in [0, 0.1) is 0 Å². The molecule has 0 atom stereocenters. The highest BCUT2D eigenvalue weighted by atomic mass is 16.3. The third-order valence-electron chi connectivity index (χ3n) is 2.31. The molecule has 0 bridgehead atoms. The highest BCUT2D eigenvalue weighted by Gasteiger charge is 2.00. The monoisotopic (exact) mass is 218 g/mol. The van der Waals surface area contributed by atoms with Gasteiger partial charge in [0, 0.05) is 38.2 Å². The van der Waals surface area contributed by atoms with Crippen LogP contribution < -0.4 is 0 Å². The third-order valence-corrected chi connectivity index (χ3v) is 2.31. The summed E-state index contributed by atoms with van der Waals surface area (Å²) < 4.78 is 1.79. The van der Waals surface area contributed by atoms with Gasteiger partial charge in [0.25, 0.3) is 0 Å². The second-order valence-corrected chi connectivity index (χ2v) is 3.56. The molecule has 0 amide bonds. The number of hydrogen-bond acceptors (Lipinski definition) is 4. The average Bonchev–Trinajstić information content (AvgIpc) is 2.76. The van der Waals surface area contributed by atoms with Crippen molar-refractivity contribution in [3.05, 3.63) is 42.0 Å². The Kier molecular flexibility index (Phi) is 3.61. The van der Waals surface area contributed by atoms with Gasteiger partial charge >= 0.3 is 0 Å². The molecule has 5 heteroatoms. The van der Waals surface area contributed by atoms with Gasteiger partial charge < -0.3 is 5.11 Å². The quantitative estimate of drug-likeness (QED) is 0.791. The minimum Gasteiger partial charge on any atom is -0.396 e. The number of aryl methyl sites for hydroxylation is 2. The van der Waals surface area contributed by atoms with Crippen molar-refractivity contribution in [2.75, 3.05) is 6.61 Å². The molecule has 0 fully saturated rings. The lowest BCUT2D eigenvalue weighted by atomic mass is 10.2. The van der Waals surface area contributed by atoms with Crippen molar-refractivity contribution in [3.63, 3.8) is 0 Å². The summed E-state index contributed by atoms with van der Waals surface area (Å²) in [6, 6.07) is 3.96. The predicted molar refractivity (Wildman–Crippen MR) is 58.8 cm³/mol. The molecule has 0 saturated carbocycles. The second kappa shape index (κ2) is 5.37. The van der Waals surface area contributed by atoms with Gasteiger partial charge in [0.15, 0.2) is 0 Å². The van der Waals surface area contributed by atoms with Gasteiger partial charge in [-0.25, -0.2) is 0 Å². The fourth-order valence-electron chi connectivity index (χ4n) is 1.47. The summed E-state index contributed by atoms with van der Waals surface area (Å²) in [4.78, 5) is 4.05. The molecule has 0 saturated heterocycles. The van der Waals surface area contributed by atoms with Crippen LogP contribution in [0.1, 0.15) is 11.3 Å². The van der Waals surface area contributed by atoms with Crippen LogP contribution in [0.2, 0.25) is 0 Å². The summed E-state index contributed by atoms with van der Waals surface area (Å²) >= 11 is 0. The van der Waals surface area contributed by atoms with Crippen LogP contribution in [-0.4, -0.2) is 31.7 Å². The third kappa shape index (κ3) is 2.87. The predicted octanol–water partition coefficient (Wildman–Crippen LogP) is 0.451. The molecule has 0 spiro atoms. The highest BCUT2D eigenvalue weighted by Crippen LogP contribution is 2.00. The molecule has 0 radical (unpaired) electrons. The van der Waals surface area contributed by atoms with Crippen LogP contribution in [0.5, 0.6) is 0 Å². The zero-order valence-corrected chi connectivity index (χ0v) is 8.95. The normalized spacial score (nSPS) is 10.6. The van der Waals surface area contributed by atoms with E-state index < -0.39 is 0 Å². The first-order chi connectivity index (χ1) is 7.88. The van der Waals surface area contributed by atoms with Crippen molar-refractivity contribution in [2.24, 2.45) is 0 Å². The van der Waals surface area contributed by atoms with E-state index in [4.69, 9.17) is 5.11 Å². The van der Waals surface area contributed by atoms with Crippen molar-refractivity contribution in [2.45, 2.75) is 19.4 Å². The zero-order chi connectivity index (χ0) is 11.2. The van der Waals surface area contributed by atoms with E-state index in [1.165, 1.54) is 5.56 Å². The number of aromatic nitrogens is 4. The molecule has 2 aromatic heterocycles. The van der Waals surface area contributed by atoms with Crippen molar-refractivity contribution >= 4 is 0 Å². The van der Waals surface area contributed by atoms with Gasteiger partial charge in [-0.15, -0.1) is 5.10 Å². The van der Waals surface area contributed by atoms with E-state index >= 15 is 0 Å². The Balaban J connectivity index is 1.89. The Hall–Kier alpha value is -1.75. The van der Waals surface area contributed by atoms with E-state index in [9.17, 15) is 0 Å². The maximum atomic E-state index is 8.75.